The molecule has 2 aromatic rings. The van der Waals surface area contributed by atoms with Gasteiger partial charge < -0.3 is 14.2 Å². The number of hydrogen-bond acceptors (Lipinski definition) is 3. The summed E-state index contributed by atoms with van der Waals surface area (Å²) in [6, 6.07) is 12.7. The third-order valence-electron chi connectivity index (χ3n) is 4.83. The van der Waals surface area contributed by atoms with Crippen LogP contribution in [-0.2, 0) is 16.1 Å². The van der Waals surface area contributed by atoms with Gasteiger partial charge in [0.15, 0.2) is 0 Å². The molecular weight excluding hydrogens is 319 g/mol. The van der Waals surface area contributed by atoms with Gasteiger partial charge in [-0.3, -0.25) is 0 Å². The molecule has 0 aromatic heterocycles. The summed E-state index contributed by atoms with van der Waals surface area (Å²) in [5.74, 6) is 1.39. The van der Waals surface area contributed by atoms with Gasteiger partial charge in [0.05, 0.1) is 13.2 Å². The monoisotopic (exact) mass is 340 g/mol. The Kier molecular flexibility index (Phi) is 4.45. The molecule has 4 heteroatoms. The van der Waals surface area contributed by atoms with E-state index < -0.39 is 0 Å². The first-order valence-corrected chi connectivity index (χ1v) is 8.68. The molecule has 2 aromatic carbocycles. The summed E-state index contributed by atoms with van der Waals surface area (Å²) < 4.78 is 31.0. The van der Waals surface area contributed by atoms with Gasteiger partial charge in [0.25, 0.3) is 0 Å². The van der Waals surface area contributed by atoms with Crippen LogP contribution < -0.4 is 4.74 Å². The fourth-order valence-corrected chi connectivity index (χ4v) is 3.56. The van der Waals surface area contributed by atoms with Crippen molar-refractivity contribution in [2.75, 3.05) is 13.7 Å². The van der Waals surface area contributed by atoms with E-state index in [9.17, 15) is 4.39 Å². The van der Waals surface area contributed by atoms with Crippen LogP contribution in [0, 0.1) is 5.82 Å². The zero-order chi connectivity index (χ0) is 17.2. The molecule has 1 fully saturated rings. The fraction of sp³-hybridized carbons (Fsp3) is 0.333. The van der Waals surface area contributed by atoms with E-state index in [0.29, 0.717) is 6.61 Å². The first-order valence-electron chi connectivity index (χ1n) is 8.68. The molecule has 0 aliphatic carbocycles. The van der Waals surface area contributed by atoms with Crippen LogP contribution in [-0.4, -0.2) is 19.8 Å². The molecule has 130 valence electrons. The Morgan fingerprint density at radius 2 is 1.92 bits per heavy atom. The molecular formula is C21H21FO3. The zero-order valence-corrected chi connectivity index (χ0v) is 14.3. The maximum Gasteiger partial charge on any atom is 0.133 e. The first-order chi connectivity index (χ1) is 12.3. The smallest absolute Gasteiger partial charge is 0.133 e. The Bertz CT molecular complexity index is 789. The zero-order valence-electron chi connectivity index (χ0n) is 14.3. The number of halogens is 1. The van der Waals surface area contributed by atoms with Gasteiger partial charge in [0.2, 0.25) is 0 Å². The van der Waals surface area contributed by atoms with Crippen molar-refractivity contribution in [3.8, 4) is 5.75 Å². The maximum absolute atomic E-state index is 13.7. The van der Waals surface area contributed by atoms with Crippen LogP contribution in [0.4, 0.5) is 4.39 Å². The van der Waals surface area contributed by atoms with Gasteiger partial charge in [-0.05, 0) is 66.8 Å². The first kappa shape index (κ1) is 16.2. The van der Waals surface area contributed by atoms with Crippen molar-refractivity contribution in [2.24, 2.45) is 0 Å². The molecule has 0 bridgehead atoms. The fourth-order valence-electron chi connectivity index (χ4n) is 3.56. The molecule has 0 radical (unpaired) electrons. The van der Waals surface area contributed by atoms with E-state index in [1.807, 2.05) is 30.3 Å². The van der Waals surface area contributed by atoms with Gasteiger partial charge in [0, 0.05) is 17.7 Å². The summed E-state index contributed by atoms with van der Waals surface area (Å²) in [6.45, 7) is 1.12. The third kappa shape index (κ3) is 3.14. The molecule has 0 saturated carbocycles. The lowest BCUT2D eigenvalue weighted by Gasteiger charge is -2.32. The van der Waals surface area contributed by atoms with Crippen LogP contribution >= 0.6 is 0 Å². The van der Waals surface area contributed by atoms with Crippen molar-refractivity contribution in [3.63, 3.8) is 0 Å². The summed E-state index contributed by atoms with van der Waals surface area (Å²) in [6.07, 6.45) is 3.14. The molecule has 1 unspecified atom stereocenters. The minimum atomic E-state index is -0.237. The molecule has 2 heterocycles. The van der Waals surface area contributed by atoms with Crippen molar-refractivity contribution in [2.45, 2.75) is 32.0 Å². The second-order valence-electron chi connectivity index (χ2n) is 6.42. The molecule has 2 aliphatic heterocycles. The third-order valence-corrected chi connectivity index (χ3v) is 4.83. The van der Waals surface area contributed by atoms with Gasteiger partial charge in [-0.1, -0.05) is 6.07 Å². The number of hydrogen-bond donors (Lipinski definition) is 0. The Hall–Kier alpha value is -2.33. The van der Waals surface area contributed by atoms with Gasteiger partial charge in [-0.15, -0.1) is 0 Å². The standard InChI is InChI=1S/C21H21FO3/c1-23-17-8-5-14(6-9-17)21-20(19-4-2-3-11-24-19)18-10-7-16(22)12-15(18)13-25-21/h5-10,12,19H,2-4,11,13H2,1H3. The van der Waals surface area contributed by atoms with Crippen LogP contribution in [0.25, 0.3) is 11.3 Å². The summed E-state index contributed by atoms with van der Waals surface area (Å²) in [7, 11) is 1.65. The van der Waals surface area contributed by atoms with Crippen LogP contribution in [0.5, 0.6) is 5.75 Å². The highest BCUT2D eigenvalue weighted by atomic mass is 19.1. The maximum atomic E-state index is 13.7. The highest BCUT2D eigenvalue weighted by molar-refractivity contribution is 5.91. The lowest BCUT2D eigenvalue weighted by Crippen LogP contribution is -2.24. The van der Waals surface area contributed by atoms with Crippen molar-refractivity contribution in [3.05, 3.63) is 65.0 Å². The largest absolute Gasteiger partial charge is 0.497 e. The minimum Gasteiger partial charge on any atom is -0.497 e. The molecule has 1 atom stereocenters. The molecule has 3 nitrogen and oxygen atoms in total. The second-order valence-corrected chi connectivity index (χ2v) is 6.42. The summed E-state index contributed by atoms with van der Waals surface area (Å²) in [5, 5.41) is 0. The van der Waals surface area contributed by atoms with E-state index in [0.717, 1.165) is 59.6 Å². The second kappa shape index (κ2) is 6.89. The number of fused-ring (bicyclic) bond motifs is 1. The Morgan fingerprint density at radius 1 is 1.08 bits per heavy atom. The lowest BCUT2D eigenvalue weighted by atomic mass is 9.88. The van der Waals surface area contributed by atoms with Crippen molar-refractivity contribution < 1.29 is 18.6 Å². The highest BCUT2D eigenvalue weighted by Crippen LogP contribution is 2.40. The van der Waals surface area contributed by atoms with Crippen molar-refractivity contribution in [1.29, 1.82) is 0 Å². The minimum absolute atomic E-state index is 0.0182. The van der Waals surface area contributed by atoms with Crippen LogP contribution in [0.15, 0.2) is 42.5 Å². The average Bonchev–Trinajstić information content (AvgIpc) is 2.67. The summed E-state index contributed by atoms with van der Waals surface area (Å²) >= 11 is 0. The molecule has 2 aliphatic rings. The van der Waals surface area contributed by atoms with Crippen LogP contribution in [0.2, 0.25) is 0 Å². The van der Waals surface area contributed by atoms with Gasteiger partial charge in [-0.25, -0.2) is 4.39 Å². The van der Waals surface area contributed by atoms with E-state index >= 15 is 0 Å². The van der Waals surface area contributed by atoms with Crippen molar-refractivity contribution >= 4 is 11.3 Å². The number of benzene rings is 2. The number of ether oxygens (including phenoxy) is 3. The Balaban J connectivity index is 1.84. The topological polar surface area (TPSA) is 27.7 Å². The number of methoxy groups -OCH3 is 1. The quantitative estimate of drug-likeness (QED) is 0.803. The predicted molar refractivity (Wildman–Crippen MR) is 94.6 cm³/mol. The molecule has 1 saturated heterocycles. The number of rotatable bonds is 3. The van der Waals surface area contributed by atoms with Gasteiger partial charge in [0.1, 0.15) is 23.9 Å². The normalized spacial score (nSPS) is 20.0. The van der Waals surface area contributed by atoms with Gasteiger partial charge >= 0.3 is 0 Å². The molecule has 0 N–H and O–H groups in total. The molecule has 0 spiro atoms. The van der Waals surface area contributed by atoms with E-state index in [4.69, 9.17) is 14.2 Å². The summed E-state index contributed by atoms with van der Waals surface area (Å²) in [5.41, 5.74) is 3.93. The molecule has 0 amide bonds. The average molecular weight is 340 g/mol. The highest BCUT2D eigenvalue weighted by Gasteiger charge is 2.30. The van der Waals surface area contributed by atoms with E-state index in [1.165, 1.54) is 6.07 Å². The van der Waals surface area contributed by atoms with E-state index in [2.05, 4.69) is 0 Å². The van der Waals surface area contributed by atoms with Gasteiger partial charge in [-0.2, -0.15) is 0 Å². The predicted octanol–water partition coefficient (Wildman–Crippen LogP) is 4.80. The summed E-state index contributed by atoms with van der Waals surface area (Å²) in [4.78, 5) is 0. The molecule has 4 rings (SSSR count). The van der Waals surface area contributed by atoms with E-state index in [1.54, 1.807) is 13.2 Å². The van der Waals surface area contributed by atoms with Crippen molar-refractivity contribution in [1.82, 2.24) is 0 Å². The van der Waals surface area contributed by atoms with E-state index in [-0.39, 0.29) is 11.9 Å². The molecule has 25 heavy (non-hydrogen) atoms. The van der Waals surface area contributed by atoms with Crippen LogP contribution in [0.1, 0.15) is 36.0 Å². The Morgan fingerprint density at radius 3 is 2.64 bits per heavy atom. The Labute approximate surface area is 147 Å². The SMILES string of the molecule is COc1ccc(C2=C(C3CCCCO3)c3ccc(F)cc3CO2)cc1. The van der Waals surface area contributed by atoms with Crippen LogP contribution in [0.3, 0.4) is 0 Å². The lowest BCUT2D eigenvalue weighted by molar-refractivity contribution is 0.0513.